The molecule has 0 fully saturated rings. The van der Waals surface area contributed by atoms with Gasteiger partial charge in [0.1, 0.15) is 23.5 Å². The zero-order valence-corrected chi connectivity index (χ0v) is 16.9. The lowest BCUT2D eigenvalue weighted by Crippen LogP contribution is -2.19. The summed E-state index contributed by atoms with van der Waals surface area (Å²) >= 11 is 0. The van der Waals surface area contributed by atoms with Crippen molar-refractivity contribution in [1.29, 1.82) is 0 Å². The number of amides is 2. The van der Waals surface area contributed by atoms with Crippen LogP contribution < -0.4 is 21.1 Å². The Bertz CT molecular complexity index is 1300. The molecule has 0 unspecified atom stereocenters. The molecule has 4 N–H and O–H groups in total. The molecule has 0 radical (unpaired) electrons. The van der Waals surface area contributed by atoms with E-state index >= 15 is 0 Å². The predicted molar refractivity (Wildman–Crippen MR) is 118 cm³/mol. The Hall–Kier alpha value is -4.40. The monoisotopic (exact) mass is 416 g/mol. The van der Waals surface area contributed by atoms with Gasteiger partial charge in [-0.1, -0.05) is 18.2 Å². The summed E-state index contributed by atoms with van der Waals surface area (Å²) in [6, 6.07) is 13.2. The van der Waals surface area contributed by atoms with Gasteiger partial charge in [0.2, 0.25) is 0 Å². The Kier molecular flexibility index (Phi) is 5.23. The van der Waals surface area contributed by atoms with Crippen molar-refractivity contribution in [3.63, 3.8) is 0 Å². The molecule has 0 saturated carbocycles. The van der Waals surface area contributed by atoms with Crippen LogP contribution in [-0.4, -0.2) is 33.5 Å². The lowest BCUT2D eigenvalue weighted by Gasteiger charge is -2.10. The molecule has 0 bridgehead atoms. The van der Waals surface area contributed by atoms with Crippen LogP contribution in [0.15, 0.2) is 61.1 Å². The van der Waals surface area contributed by atoms with Crippen LogP contribution in [0.3, 0.4) is 0 Å². The first-order chi connectivity index (χ1) is 15.0. The fraction of sp³-hybridized carbons (Fsp3) is 0.0909. The molecule has 0 aliphatic heterocycles. The van der Waals surface area contributed by atoms with Crippen molar-refractivity contribution < 1.29 is 14.3 Å². The van der Waals surface area contributed by atoms with E-state index in [2.05, 4.69) is 20.6 Å². The fourth-order valence-electron chi connectivity index (χ4n) is 3.29. The van der Waals surface area contributed by atoms with E-state index < -0.39 is 6.03 Å². The molecule has 156 valence electrons. The van der Waals surface area contributed by atoms with Crippen molar-refractivity contribution in [1.82, 2.24) is 14.5 Å². The first-order valence-corrected chi connectivity index (χ1v) is 9.38. The molecule has 9 nitrogen and oxygen atoms in total. The molecule has 4 aromatic rings. The predicted octanol–water partition coefficient (Wildman–Crippen LogP) is 3.43. The Balaban J connectivity index is 1.56. The highest BCUT2D eigenvalue weighted by Crippen LogP contribution is 2.26. The summed E-state index contributed by atoms with van der Waals surface area (Å²) in [6.45, 7) is 0. The summed E-state index contributed by atoms with van der Waals surface area (Å²) in [5.74, 6) is 0.619. The number of nitrogens with one attached hydrogen (secondary N) is 2. The standard InChI is InChI=1S/C22H20N6O3/c1-28-11-17(18-20(23)24-12-25-21(18)28)19(29)13-5-3-6-14(9-13)26-22(30)27-15-7-4-8-16(10-15)31-2/h3-12H,1-2H3,(H2,23,24,25)(H2,26,27,30). The highest BCUT2D eigenvalue weighted by molar-refractivity contribution is 6.18. The van der Waals surface area contributed by atoms with E-state index in [0.29, 0.717) is 39.3 Å². The molecule has 2 aromatic carbocycles. The quantitative estimate of drug-likeness (QED) is 0.428. The second-order valence-corrected chi connectivity index (χ2v) is 6.83. The van der Waals surface area contributed by atoms with Gasteiger partial charge in [0, 0.05) is 36.2 Å². The van der Waals surface area contributed by atoms with Gasteiger partial charge in [0.25, 0.3) is 0 Å². The number of methoxy groups -OCH3 is 1. The second kappa shape index (κ2) is 8.15. The Morgan fingerprint density at radius 1 is 1.03 bits per heavy atom. The van der Waals surface area contributed by atoms with Crippen LogP contribution in [0.25, 0.3) is 11.0 Å². The van der Waals surface area contributed by atoms with Crippen molar-refractivity contribution in [2.24, 2.45) is 7.05 Å². The van der Waals surface area contributed by atoms with Gasteiger partial charge in [0.05, 0.1) is 18.1 Å². The second-order valence-electron chi connectivity index (χ2n) is 6.83. The van der Waals surface area contributed by atoms with Crippen molar-refractivity contribution in [3.8, 4) is 5.75 Å². The minimum atomic E-state index is -0.444. The van der Waals surface area contributed by atoms with Gasteiger partial charge in [0.15, 0.2) is 5.78 Å². The number of fused-ring (bicyclic) bond motifs is 1. The third kappa shape index (κ3) is 4.01. The summed E-state index contributed by atoms with van der Waals surface area (Å²) in [6.07, 6.45) is 3.03. The van der Waals surface area contributed by atoms with E-state index in [4.69, 9.17) is 10.5 Å². The van der Waals surface area contributed by atoms with Gasteiger partial charge < -0.3 is 25.7 Å². The van der Waals surface area contributed by atoms with Crippen LogP contribution in [0.5, 0.6) is 5.75 Å². The molecular weight excluding hydrogens is 396 g/mol. The summed E-state index contributed by atoms with van der Waals surface area (Å²) < 4.78 is 6.88. The van der Waals surface area contributed by atoms with Crippen molar-refractivity contribution >= 4 is 40.0 Å². The maximum Gasteiger partial charge on any atom is 0.323 e. The normalized spacial score (nSPS) is 10.6. The minimum Gasteiger partial charge on any atom is -0.497 e. The van der Waals surface area contributed by atoms with Crippen LogP contribution in [-0.2, 0) is 7.05 Å². The molecule has 0 atom stereocenters. The Morgan fingerprint density at radius 3 is 2.48 bits per heavy atom. The topological polar surface area (TPSA) is 124 Å². The van der Waals surface area contributed by atoms with E-state index in [0.717, 1.165) is 0 Å². The van der Waals surface area contributed by atoms with Crippen LogP contribution in [0.1, 0.15) is 15.9 Å². The van der Waals surface area contributed by atoms with E-state index in [9.17, 15) is 9.59 Å². The average molecular weight is 416 g/mol. The molecular formula is C22H20N6O3. The number of carbonyl (C=O) groups excluding carboxylic acids is 2. The van der Waals surface area contributed by atoms with E-state index in [1.165, 1.54) is 6.33 Å². The van der Waals surface area contributed by atoms with Crippen LogP contribution in [0, 0.1) is 0 Å². The number of carbonyl (C=O) groups is 2. The number of nitrogens with zero attached hydrogens (tertiary/aromatic N) is 3. The summed E-state index contributed by atoms with van der Waals surface area (Å²) in [5, 5.41) is 5.96. The number of aromatic nitrogens is 3. The molecule has 2 aromatic heterocycles. The maximum absolute atomic E-state index is 13.2. The molecule has 4 rings (SSSR count). The third-order valence-corrected chi connectivity index (χ3v) is 4.74. The number of benzene rings is 2. The Labute approximate surface area is 177 Å². The number of aryl methyl sites for hydroxylation is 1. The summed E-state index contributed by atoms with van der Waals surface area (Å²) in [4.78, 5) is 33.7. The van der Waals surface area contributed by atoms with Gasteiger partial charge in [-0.3, -0.25) is 4.79 Å². The van der Waals surface area contributed by atoms with Crippen molar-refractivity contribution in [2.45, 2.75) is 0 Å². The van der Waals surface area contributed by atoms with Crippen molar-refractivity contribution in [3.05, 3.63) is 72.2 Å². The smallest absolute Gasteiger partial charge is 0.323 e. The number of anilines is 3. The molecule has 2 heterocycles. The zero-order valence-electron chi connectivity index (χ0n) is 16.9. The van der Waals surface area contributed by atoms with E-state index in [-0.39, 0.29) is 11.6 Å². The largest absolute Gasteiger partial charge is 0.497 e. The van der Waals surface area contributed by atoms with Gasteiger partial charge in [-0.05, 0) is 24.3 Å². The average Bonchev–Trinajstić information content (AvgIpc) is 3.11. The minimum absolute atomic E-state index is 0.237. The van der Waals surface area contributed by atoms with Gasteiger partial charge >= 0.3 is 6.03 Å². The SMILES string of the molecule is COc1cccc(NC(=O)Nc2cccc(C(=O)c3cn(C)c4ncnc(N)c34)c2)c1. The summed E-state index contributed by atoms with van der Waals surface area (Å²) in [5.41, 5.74) is 8.40. The van der Waals surface area contributed by atoms with Crippen molar-refractivity contribution in [2.75, 3.05) is 23.5 Å². The van der Waals surface area contributed by atoms with Crippen LogP contribution in [0.4, 0.5) is 22.0 Å². The van der Waals surface area contributed by atoms with E-state index in [1.807, 2.05) is 0 Å². The molecule has 2 amide bonds. The van der Waals surface area contributed by atoms with Gasteiger partial charge in [-0.2, -0.15) is 0 Å². The number of nitrogens with two attached hydrogens (primary N) is 1. The number of ether oxygens (including phenoxy) is 1. The number of hydrogen-bond donors (Lipinski definition) is 3. The fourth-order valence-corrected chi connectivity index (χ4v) is 3.29. The highest BCUT2D eigenvalue weighted by Gasteiger charge is 2.19. The lowest BCUT2D eigenvalue weighted by molar-refractivity contribution is 0.104. The molecule has 0 aliphatic rings. The molecule has 31 heavy (non-hydrogen) atoms. The number of nitrogen functional groups attached to an aromatic ring is 1. The molecule has 9 heteroatoms. The first-order valence-electron chi connectivity index (χ1n) is 9.38. The third-order valence-electron chi connectivity index (χ3n) is 4.74. The van der Waals surface area contributed by atoms with Gasteiger partial charge in [-0.25, -0.2) is 14.8 Å². The number of urea groups is 1. The number of ketones is 1. The summed E-state index contributed by atoms with van der Waals surface area (Å²) in [7, 11) is 3.34. The highest BCUT2D eigenvalue weighted by atomic mass is 16.5. The zero-order chi connectivity index (χ0) is 22.0. The Morgan fingerprint density at radius 2 is 1.74 bits per heavy atom. The van der Waals surface area contributed by atoms with E-state index in [1.54, 1.807) is 73.5 Å². The maximum atomic E-state index is 13.2. The number of hydrogen-bond acceptors (Lipinski definition) is 6. The first kappa shape index (κ1) is 19.9. The van der Waals surface area contributed by atoms with Crippen LogP contribution in [0.2, 0.25) is 0 Å². The van der Waals surface area contributed by atoms with Crippen LogP contribution >= 0.6 is 0 Å². The van der Waals surface area contributed by atoms with Gasteiger partial charge in [-0.15, -0.1) is 0 Å². The molecule has 0 aliphatic carbocycles. The lowest BCUT2D eigenvalue weighted by atomic mass is 10.0. The number of rotatable bonds is 5. The molecule has 0 spiro atoms. The molecule has 0 saturated heterocycles.